The van der Waals surface area contributed by atoms with Gasteiger partial charge in [0.25, 0.3) is 5.91 Å². The summed E-state index contributed by atoms with van der Waals surface area (Å²) in [7, 11) is 0. The van der Waals surface area contributed by atoms with Crippen molar-refractivity contribution >= 4 is 29.4 Å². The number of hydrazone groups is 1. The Bertz CT molecular complexity index is 1260. The summed E-state index contributed by atoms with van der Waals surface area (Å²) in [6.45, 7) is 2.50. The second kappa shape index (κ2) is 11.1. The maximum atomic E-state index is 12.3. The zero-order chi connectivity index (χ0) is 23.8. The van der Waals surface area contributed by atoms with Gasteiger partial charge < -0.3 is 9.47 Å². The Morgan fingerprint density at radius 3 is 2.29 bits per heavy atom. The fourth-order valence-corrected chi connectivity index (χ4v) is 3.56. The maximum absolute atomic E-state index is 12.3. The Kier molecular flexibility index (Phi) is 7.47. The molecule has 0 fully saturated rings. The standard InChI is InChI=1S/C27H22N2O4S/c1-19-4-6-21(7-5-19)18-32-23-14-10-22(11-15-23)26(30)29-28-17-20-8-12-24(13-9-20)33-27(31)25-3-2-16-34-25/h2-17H,18H2,1H3,(H,29,30)/b28-17+. The smallest absolute Gasteiger partial charge is 0.353 e. The normalized spacial score (nSPS) is 10.7. The monoisotopic (exact) mass is 470 g/mol. The van der Waals surface area contributed by atoms with Gasteiger partial charge in [0, 0.05) is 5.56 Å². The number of carbonyl (C=O) groups excluding carboxylic acids is 2. The van der Waals surface area contributed by atoms with Crippen LogP contribution in [0.1, 0.15) is 36.7 Å². The van der Waals surface area contributed by atoms with Crippen molar-refractivity contribution in [3.63, 3.8) is 0 Å². The Labute approximate surface area is 201 Å². The van der Waals surface area contributed by atoms with Gasteiger partial charge in [-0.3, -0.25) is 4.79 Å². The van der Waals surface area contributed by atoms with Gasteiger partial charge in [-0.25, -0.2) is 10.2 Å². The predicted molar refractivity (Wildman–Crippen MR) is 133 cm³/mol. The lowest BCUT2D eigenvalue weighted by Crippen LogP contribution is -2.17. The molecule has 0 saturated heterocycles. The Morgan fingerprint density at radius 2 is 1.62 bits per heavy atom. The number of hydrogen-bond acceptors (Lipinski definition) is 6. The number of esters is 1. The lowest BCUT2D eigenvalue weighted by atomic mass is 10.2. The quantitative estimate of drug-likeness (QED) is 0.157. The fourth-order valence-electron chi connectivity index (χ4n) is 2.96. The van der Waals surface area contributed by atoms with Crippen molar-refractivity contribution in [2.75, 3.05) is 0 Å². The molecule has 6 nitrogen and oxygen atoms in total. The number of carbonyl (C=O) groups is 2. The van der Waals surface area contributed by atoms with E-state index in [1.54, 1.807) is 60.7 Å². The van der Waals surface area contributed by atoms with Crippen LogP contribution in [0.4, 0.5) is 0 Å². The van der Waals surface area contributed by atoms with Crippen molar-refractivity contribution in [3.05, 3.63) is 117 Å². The molecule has 0 radical (unpaired) electrons. The second-order valence-electron chi connectivity index (χ2n) is 7.43. The van der Waals surface area contributed by atoms with E-state index >= 15 is 0 Å². The summed E-state index contributed by atoms with van der Waals surface area (Å²) >= 11 is 1.32. The molecule has 4 rings (SSSR count). The number of aryl methyl sites for hydroxylation is 1. The molecular weight excluding hydrogens is 448 g/mol. The molecule has 1 N–H and O–H groups in total. The zero-order valence-electron chi connectivity index (χ0n) is 18.4. The number of rotatable bonds is 8. The molecule has 0 atom stereocenters. The highest BCUT2D eigenvalue weighted by atomic mass is 32.1. The average molecular weight is 471 g/mol. The minimum Gasteiger partial charge on any atom is -0.489 e. The van der Waals surface area contributed by atoms with Crippen molar-refractivity contribution in [2.24, 2.45) is 5.10 Å². The first-order chi connectivity index (χ1) is 16.6. The van der Waals surface area contributed by atoms with Crippen molar-refractivity contribution in [3.8, 4) is 11.5 Å². The third kappa shape index (κ3) is 6.40. The van der Waals surface area contributed by atoms with E-state index in [1.165, 1.54) is 23.1 Å². The van der Waals surface area contributed by atoms with Crippen LogP contribution in [0, 0.1) is 6.92 Å². The average Bonchev–Trinajstić information content (AvgIpc) is 3.40. The topological polar surface area (TPSA) is 77.0 Å². The molecule has 1 heterocycles. The molecule has 0 spiro atoms. The number of nitrogens with one attached hydrogen (secondary N) is 1. The summed E-state index contributed by atoms with van der Waals surface area (Å²) in [5.41, 5.74) is 6.00. The molecule has 34 heavy (non-hydrogen) atoms. The van der Waals surface area contributed by atoms with Crippen LogP contribution in [0.25, 0.3) is 0 Å². The second-order valence-corrected chi connectivity index (χ2v) is 8.38. The summed E-state index contributed by atoms with van der Waals surface area (Å²) in [6.07, 6.45) is 1.52. The number of thiophene rings is 1. The van der Waals surface area contributed by atoms with Crippen molar-refractivity contribution in [1.29, 1.82) is 0 Å². The predicted octanol–water partition coefficient (Wildman–Crippen LogP) is 5.62. The summed E-state index contributed by atoms with van der Waals surface area (Å²) in [4.78, 5) is 24.8. The lowest BCUT2D eigenvalue weighted by molar-refractivity contribution is 0.0739. The van der Waals surface area contributed by atoms with E-state index in [-0.39, 0.29) is 5.91 Å². The summed E-state index contributed by atoms with van der Waals surface area (Å²) in [6, 6.07) is 25.4. The SMILES string of the molecule is Cc1ccc(COc2ccc(C(=O)N/N=C/c3ccc(OC(=O)c4cccs4)cc3)cc2)cc1. The van der Waals surface area contributed by atoms with E-state index in [2.05, 4.69) is 10.5 Å². The maximum Gasteiger partial charge on any atom is 0.353 e. The van der Waals surface area contributed by atoms with Gasteiger partial charge in [0.15, 0.2) is 0 Å². The van der Waals surface area contributed by atoms with Gasteiger partial charge in [0.2, 0.25) is 0 Å². The molecule has 0 aliphatic heterocycles. The molecule has 170 valence electrons. The molecular formula is C27H22N2O4S. The highest BCUT2D eigenvalue weighted by molar-refractivity contribution is 7.12. The molecule has 0 saturated carbocycles. The minimum atomic E-state index is -0.393. The van der Waals surface area contributed by atoms with Crippen LogP contribution in [-0.2, 0) is 6.61 Å². The summed E-state index contributed by atoms with van der Waals surface area (Å²) in [5, 5.41) is 5.81. The third-order valence-electron chi connectivity index (χ3n) is 4.84. The number of nitrogens with zero attached hydrogens (tertiary/aromatic N) is 1. The van der Waals surface area contributed by atoms with Crippen LogP contribution in [0.15, 0.2) is 95.4 Å². The molecule has 1 amide bonds. The van der Waals surface area contributed by atoms with Crippen LogP contribution in [0.2, 0.25) is 0 Å². The van der Waals surface area contributed by atoms with Gasteiger partial charge in [-0.15, -0.1) is 11.3 Å². The molecule has 1 aromatic heterocycles. The van der Waals surface area contributed by atoms with E-state index in [0.29, 0.717) is 28.5 Å². The van der Waals surface area contributed by atoms with Gasteiger partial charge in [-0.2, -0.15) is 5.10 Å². The van der Waals surface area contributed by atoms with E-state index in [1.807, 2.05) is 36.6 Å². The molecule has 3 aromatic carbocycles. The van der Waals surface area contributed by atoms with Crippen molar-refractivity contribution < 1.29 is 19.1 Å². The molecule has 4 aromatic rings. The van der Waals surface area contributed by atoms with Gasteiger partial charge in [0.1, 0.15) is 23.0 Å². The number of benzene rings is 3. The lowest BCUT2D eigenvalue weighted by Gasteiger charge is -2.07. The summed E-state index contributed by atoms with van der Waals surface area (Å²) in [5.74, 6) is 0.392. The van der Waals surface area contributed by atoms with E-state index in [0.717, 1.165) is 11.1 Å². The first kappa shape index (κ1) is 22.9. The van der Waals surface area contributed by atoms with E-state index in [4.69, 9.17) is 9.47 Å². The summed E-state index contributed by atoms with van der Waals surface area (Å²) < 4.78 is 11.1. The minimum absolute atomic E-state index is 0.331. The first-order valence-electron chi connectivity index (χ1n) is 10.5. The Balaban J connectivity index is 1.25. The molecule has 0 bridgehead atoms. The fraction of sp³-hybridized carbons (Fsp3) is 0.0741. The highest BCUT2D eigenvalue weighted by Crippen LogP contribution is 2.17. The van der Waals surface area contributed by atoms with Crippen LogP contribution in [0.3, 0.4) is 0 Å². The van der Waals surface area contributed by atoms with Crippen LogP contribution in [-0.4, -0.2) is 18.1 Å². The van der Waals surface area contributed by atoms with Crippen LogP contribution < -0.4 is 14.9 Å². The number of amides is 1. The molecule has 0 aliphatic carbocycles. The largest absolute Gasteiger partial charge is 0.489 e. The van der Waals surface area contributed by atoms with Gasteiger partial charge in [0.05, 0.1) is 6.21 Å². The van der Waals surface area contributed by atoms with E-state index < -0.39 is 5.97 Å². The molecule has 7 heteroatoms. The zero-order valence-corrected chi connectivity index (χ0v) is 19.2. The molecule has 0 unspecified atom stereocenters. The van der Waals surface area contributed by atoms with E-state index in [9.17, 15) is 9.59 Å². The van der Waals surface area contributed by atoms with Gasteiger partial charge >= 0.3 is 5.97 Å². The van der Waals surface area contributed by atoms with Crippen molar-refractivity contribution in [2.45, 2.75) is 13.5 Å². The number of ether oxygens (including phenoxy) is 2. The van der Waals surface area contributed by atoms with Gasteiger partial charge in [-0.05, 0) is 78.0 Å². The Hall–Kier alpha value is -4.23. The Morgan fingerprint density at radius 1 is 0.912 bits per heavy atom. The highest BCUT2D eigenvalue weighted by Gasteiger charge is 2.09. The molecule has 0 aliphatic rings. The number of hydrogen-bond donors (Lipinski definition) is 1. The van der Waals surface area contributed by atoms with Crippen LogP contribution in [0.5, 0.6) is 11.5 Å². The third-order valence-corrected chi connectivity index (χ3v) is 5.69. The van der Waals surface area contributed by atoms with Crippen LogP contribution >= 0.6 is 11.3 Å². The van der Waals surface area contributed by atoms with Crippen molar-refractivity contribution in [1.82, 2.24) is 5.43 Å². The first-order valence-corrected chi connectivity index (χ1v) is 11.4. The van der Waals surface area contributed by atoms with Gasteiger partial charge in [-0.1, -0.05) is 35.9 Å².